The molecule has 2 aliphatic rings. The van der Waals surface area contributed by atoms with Gasteiger partial charge in [-0.1, -0.05) is 0 Å². The molecule has 2 N–H and O–H groups in total. The highest BCUT2D eigenvalue weighted by atomic mass is 32.2. The van der Waals surface area contributed by atoms with E-state index in [9.17, 15) is 18.0 Å². The number of hydrogen-bond donors (Lipinski definition) is 2. The van der Waals surface area contributed by atoms with Crippen LogP contribution in [0.25, 0.3) is 0 Å². The maximum absolute atomic E-state index is 12.2. The Morgan fingerprint density at radius 2 is 1.95 bits per heavy atom. The molecule has 7 nitrogen and oxygen atoms in total. The molecule has 1 aliphatic carbocycles. The lowest BCUT2D eigenvalue weighted by molar-refractivity contribution is -0.146. The van der Waals surface area contributed by atoms with E-state index in [-0.39, 0.29) is 36.1 Å². The van der Waals surface area contributed by atoms with Gasteiger partial charge in [0.2, 0.25) is 15.9 Å². The molecule has 1 heterocycles. The van der Waals surface area contributed by atoms with E-state index in [0.717, 1.165) is 0 Å². The first-order valence-electron chi connectivity index (χ1n) is 7.34. The van der Waals surface area contributed by atoms with Gasteiger partial charge < -0.3 is 10.4 Å². The van der Waals surface area contributed by atoms with Crippen LogP contribution in [0, 0.1) is 11.8 Å². The number of carboxylic acids is 1. The lowest BCUT2D eigenvalue weighted by Gasteiger charge is -2.36. The lowest BCUT2D eigenvalue weighted by atomic mass is 9.80. The van der Waals surface area contributed by atoms with E-state index in [1.165, 1.54) is 4.31 Å². The van der Waals surface area contributed by atoms with Crippen LogP contribution in [0.3, 0.4) is 0 Å². The van der Waals surface area contributed by atoms with Crippen molar-refractivity contribution in [1.82, 2.24) is 9.62 Å². The minimum Gasteiger partial charge on any atom is -0.481 e. The quantitative estimate of drug-likeness (QED) is 0.744. The van der Waals surface area contributed by atoms with E-state index in [2.05, 4.69) is 5.32 Å². The smallest absolute Gasteiger partial charge is 0.306 e. The molecule has 0 bridgehead atoms. The van der Waals surface area contributed by atoms with Gasteiger partial charge in [-0.25, -0.2) is 12.7 Å². The first-order valence-corrected chi connectivity index (χ1v) is 8.95. The van der Waals surface area contributed by atoms with Gasteiger partial charge in [0.05, 0.1) is 17.6 Å². The molecule has 1 amide bonds. The summed E-state index contributed by atoms with van der Waals surface area (Å²) in [6.45, 7) is 2.31. The van der Waals surface area contributed by atoms with Crippen LogP contribution in [0.4, 0.5) is 0 Å². The van der Waals surface area contributed by atoms with Crippen LogP contribution in [-0.4, -0.2) is 54.6 Å². The molecule has 1 unspecified atom stereocenters. The summed E-state index contributed by atoms with van der Waals surface area (Å²) in [5.74, 6) is -1.62. The number of nitrogens with zero attached hydrogens (tertiary/aromatic N) is 1. The van der Waals surface area contributed by atoms with Gasteiger partial charge in [-0.05, 0) is 32.6 Å². The first-order chi connectivity index (χ1) is 9.83. The van der Waals surface area contributed by atoms with Crippen molar-refractivity contribution in [3.8, 4) is 0 Å². The van der Waals surface area contributed by atoms with E-state index in [1.54, 1.807) is 6.92 Å². The van der Waals surface area contributed by atoms with E-state index < -0.39 is 16.0 Å². The third-order valence-electron chi connectivity index (χ3n) is 4.35. The monoisotopic (exact) mass is 318 g/mol. The van der Waals surface area contributed by atoms with Crippen molar-refractivity contribution in [3.63, 3.8) is 0 Å². The Morgan fingerprint density at radius 3 is 2.52 bits per heavy atom. The Hall–Kier alpha value is -1.15. The highest BCUT2D eigenvalue weighted by Gasteiger charge is 2.37. The predicted molar refractivity (Wildman–Crippen MR) is 76.0 cm³/mol. The van der Waals surface area contributed by atoms with Gasteiger partial charge in [0.15, 0.2) is 0 Å². The minimum absolute atomic E-state index is 0.0459. The molecule has 1 aliphatic heterocycles. The summed E-state index contributed by atoms with van der Waals surface area (Å²) in [6, 6.07) is -0.0863. The molecule has 0 aromatic carbocycles. The summed E-state index contributed by atoms with van der Waals surface area (Å²) >= 11 is 0. The van der Waals surface area contributed by atoms with Crippen LogP contribution in [0.15, 0.2) is 0 Å². The average Bonchev–Trinajstić information content (AvgIpc) is 2.41. The Bertz CT molecular complexity index is 513. The Kier molecular flexibility index (Phi) is 4.88. The zero-order valence-corrected chi connectivity index (χ0v) is 12.9. The van der Waals surface area contributed by atoms with Gasteiger partial charge in [-0.2, -0.15) is 0 Å². The number of hydrogen-bond acceptors (Lipinski definition) is 4. The van der Waals surface area contributed by atoms with Crippen molar-refractivity contribution < 1.29 is 23.1 Å². The molecule has 1 saturated carbocycles. The Balaban J connectivity index is 1.84. The molecule has 0 aromatic heterocycles. The highest BCUT2D eigenvalue weighted by Crippen LogP contribution is 2.28. The Morgan fingerprint density at radius 1 is 1.29 bits per heavy atom. The van der Waals surface area contributed by atoms with E-state index in [1.807, 2.05) is 0 Å². The van der Waals surface area contributed by atoms with E-state index in [4.69, 9.17) is 5.11 Å². The number of carbonyl (C=O) groups excluding carboxylic acids is 1. The number of piperidine rings is 1. The van der Waals surface area contributed by atoms with Crippen LogP contribution >= 0.6 is 0 Å². The van der Waals surface area contributed by atoms with Gasteiger partial charge in [-0.3, -0.25) is 9.59 Å². The van der Waals surface area contributed by atoms with Crippen molar-refractivity contribution in [1.29, 1.82) is 0 Å². The predicted octanol–water partition coefficient (Wildman–Crippen LogP) is 0.0275. The molecule has 0 aromatic rings. The third-order valence-corrected chi connectivity index (χ3v) is 6.19. The molecule has 8 heteroatoms. The lowest BCUT2D eigenvalue weighted by Crippen LogP contribution is -2.51. The summed E-state index contributed by atoms with van der Waals surface area (Å²) in [4.78, 5) is 22.9. The van der Waals surface area contributed by atoms with Crippen molar-refractivity contribution in [2.24, 2.45) is 11.8 Å². The molecule has 120 valence electrons. The molecule has 1 atom stereocenters. The van der Waals surface area contributed by atoms with Crippen molar-refractivity contribution in [3.05, 3.63) is 0 Å². The van der Waals surface area contributed by atoms with Gasteiger partial charge >= 0.3 is 5.97 Å². The summed E-state index contributed by atoms with van der Waals surface area (Å²) in [5.41, 5.74) is 0. The van der Waals surface area contributed by atoms with Gasteiger partial charge in [0.25, 0.3) is 0 Å². The fourth-order valence-electron chi connectivity index (χ4n) is 2.85. The number of nitrogens with one attached hydrogen (secondary N) is 1. The summed E-state index contributed by atoms with van der Waals surface area (Å²) in [5, 5.41) is 11.6. The second-order valence-corrected chi connectivity index (χ2v) is 8.07. The number of carboxylic acid groups (broad SMARTS) is 1. The zero-order chi connectivity index (χ0) is 15.6. The minimum atomic E-state index is -3.25. The second-order valence-electron chi connectivity index (χ2n) is 5.81. The molecule has 2 rings (SSSR count). The molecule has 2 fully saturated rings. The maximum atomic E-state index is 12.2. The van der Waals surface area contributed by atoms with E-state index in [0.29, 0.717) is 32.2 Å². The number of sulfonamides is 1. The maximum Gasteiger partial charge on any atom is 0.306 e. The molecule has 21 heavy (non-hydrogen) atoms. The van der Waals surface area contributed by atoms with E-state index >= 15 is 0 Å². The topological polar surface area (TPSA) is 104 Å². The van der Waals surface area contributed by atoms with Crippen LogP contribution in [0.2, 0.25) is 0 Å². The third kappa shape index (κ3) is 3.74. The number of amides is 1. The van der Waals surface area contributed by atoms with Gasteiger partial charge in [0, 0.05) is 19.1 Å². The SMILES string of the molecule is CCS(=O)(=O)N1CCCC(C(=O)NC2CC(C(=O)O)C2)C1. The molecule has 1 saturated heterocycles. The number of aliphatic carboxylic acids is 1. The molecule has 0 radical (unpaired) electrons. The summed E-state index contributed by atoms with van der Waals surface area (Å²) < 4.78 is 25.1. The van der Waals surface area contributed by atoms with Crippen molar-refractivity contribution in [2.45, 2.75) is 38.6 Å². The number of rotatable bonds is 5. The average molecular weight is 318 g/mol. The highest BCUT2D eigenvalue weighted by molar-refractivity contribution is 7.89. The van der Waals surface area contributed by atoms with Gasteiger partial charge in [-0.15, -0.1) is 0 Å². The molecule has 0 spiro atoms. The summed E-state index contributed by atoms with van der Waals surface area (Å²) in [7, 11) is -3.25. The second kappa shape index (κ2) is 6.31. The van der Waals surface area contributed by atoms with Crippen LogP contribution < -0.4 is 5.32 Å². The van der Waals surface area contributed by atoms with Crippen LogP contribution in [0.1, 0.15) is 32.6 Å². The fraction of sp³-hybridized carbons (Fsp3) is 0.846. The van der Waals surface area contributed by atoms with Crippen LogP contribution in [0.5, 0.6) is 0 Å². The standard InChI is InChI=1S/C13H22N2O5S/c1-2-21(19,20)15-5-3-4-9(8-15)12(16)14-11-6-10(7-11)13(17)18/h9-11H,2-8H2,1H3,(H,14,16)(H,17,18). The van der Waals surface area contributed by atoms with Crippen molar-refractivity contribution in [2.75, 3.05) is 18.8 Å². The zero-order valence-electron chi connectivity index (χ0n) is 12.1. The van der Waals surface area contributed by atoms with Gasteiger partial charge in [0.1, 0.15) is 0 Å². The first kappa shape index (κ1) is 16.2. The normalized spacial score (nSPS) is 30.4. The fourth-order valence-corrected chi connectivity index (χ4v) is 4.03. The van der Waals surface area contributed by atoms with Crippen molar-refractivity contribution >= 4 is 21.9 Å². The number of carbonyl (C=O) groups is 2. The summed E-state index contributed by atoms with van der Waals surface area (Å²) in [6.07, 6.45) is 2.28. The molecular formula is C13H22N2O5S. The molecular weight excluding hydrogens is 296 g/mol. The Labute approximate surface area is 124 Å². The largest absolute Gasteiger partial charge is 0.481 e. The van der Waals surface area contributed by atoms with Crippen LogP contribution in [-0.2, 0) is 19.6 Å².